The number of rotatable bonds is 7. The smallest absolute Gasteiger partial charge is 0.195 e. The minimum Gasteiger partial charge on any atom is -0.493 e. The molecule has 0 aliphatic heterocycles. The highest BCUT2D eigenvalue weighted by molar-refractivity contribution is 5.93. The summed E-state index contributed by atoms with van der Waals surface area (Å²) in [5.41, 5.74) is 4.41. The van der Waals surface area contributed by atoms with Gasteiger partial charge in [0, 0.05) is 37.6 Å². The highest BCUT2D eigenvalue weighted by Crippen LogP contribution is 2.29. The first kappa shape index (κ1) is 19.6. The molecule has 0 saturated carbocycles. The number of aryl methyl sites for hydroxylation is 2. The molecule has 0 unspecified atom stereocenters. The van der Waals surface area contributed by atoms with E-state index in [-0.39, 0.29) is 0 Å². The van der Waals surface area contributed by atoms with Gasteiger partial charge in [0.2, 0.25) is 0 Å². The largest absolute Gasteiger partial charge is 0.493 e. The zero-order valence-electron chi connectivity index (χ0n) is 16.5. The van der Waals surface area contributed by atoms with E-state index in [0.717, 1.165) is 30.3 Å². The molecular weight excluding hydrogens is 330 g/mol. The molecule has 1 heterocycles. The summed E-state index contributed by atoms with van der Waals surface area (Å²) in [5.74, 6) is 2.11. The molecule has 0 fully saturated rings. The van der Waals surface area contributed by atoms with Gasteiger partial charge in [-0.05, 0) is 44.9 Å². The maximum atomic E-state index is 5.35. The van der Waals surface area contributed by atoms with Crippen molar-refractivity contribution in [3.63, 3.8) is 0 Å². The second-order valence-electron chi connectivity index (χ2n) is 5.98. The van der Waals surface area contributed by atoms with Crippen LogP contribution in [0.5, 0.6) is 11.5 Å². The average molecular weight is 359 g/mol. The second-order valence-corrected chi connectivity index (χ2v) is 5.98. The van der Waals surface area contributed by atoms with Crippen LogP contribution >= 0.6 is 0 Å². The lowest BCUT2D eigenvalue weighted by Crippen LogP contribution is -2.31. The van der Waals surface area contributed by atoms with Crippen LogP contribution in [-0.4, -0.2) is 43.0 Å². The van der Waals surface area contributed by atoms with Gasteiger partial charge in [0.15, 0.2) is 17.5 Å². The van der Waals surface area contributed by atoms with Gasteiger partial charge in [0.25, 0.3) is 0 Å². The van der Waals surface area contributed by atoms with Crippen molar-refractivity contribution in [2.45, 2.75) is 27.2 Å². The quantitative estimate of drug-likeness (QED) is 0.587. The van der Waals surface area contributed by atoms with Crippen molar-refractivity contribution in [2.24, 2.45) is 12.0 Å². The van der Waals surface area contributed by atoms with Crippen LogP contribution in [0.2, 0.25) is 0 Å². The van der Waals surface area contributed by atoms with Crippen LogP contribution in [0.4, 0.5) is 5.69 Å². The molecule has 1 aromatic heterocycles. The molecule has 0 atom stereocenters. The van der Waals surface area contributed by atoms with E-state index in [2.05, 4.69) is 27.6 Å². The molecule has 0 aliphatic carbocycles. The summed E-state index contributed by atoms with van der Waals surface area (Å²) in [6.07, 6.45) is 0.855. The Bertz CT molecular complexity index is 768. The molecule has 2 N–H and O–H groups in total. The van der Waals surface area contributed by atoms with Gasteiger partial charge in [-0.2, -0.15) is 5.10 Å². The Morgan fingerprint density at radius 3 is 2.50 bits per heavy atom. The predicted molar refractivity (Wildman–Crippen MR) is 106 cm³/mol. The van der Waals surface area contributed by atoms with Crippen molar-refractivity contribution in [3.05, 3.63) is 35.2 Å². The van der Waals surface area contributed by atoms with E-state index >= 15 is 0 Å². The van der Waals surface area contributed by atoms with Crippen molar-refractivity contribution < 1.29 is 9.47 Å². The molecule has 0 radical (unpaired) electrons. The number of guanidine groups is 1. The number of benzene rings is 1. The van der Waals surface area contributed by atoms with Crippen molar-refractivity contribution in [3.8, 4) is 11.5 Å². The van der Waals surface area contributed by atoms with E-state index in [1.807, 2.05) is 43.8 Å². The van der Waals surface area contributed by atoms with Gasteiger partial charge in [-0.1, -0.05) is 0 Å². The van der Waals surface area contributed by atoms with Gasteiger partial charge in [-0.3, -0.25) is 9.67 Å². The number of aromatic nitrogens is 2. The predicted octanol–water partition coefficient (Wildman–Crippen LogP) is 2.67. The summed E-state index contributed by atoms with van der Waals surface area (Å²) < 4.78 is 12.5. The molecule has 7 heteroatoms. The third kappa shape index (κ3) is 4.68. The van der Waals surface area contributed by atoms with Crippen molar-refractivity contribution >= 4 is 11.6 Å². The molecule has 26 heavy (non-hydrogen) atoms. The molecule has 1 aromatic carbocycles. The van der Waals surface area contributed by atoms with Crippen molar-refractivity contribution in [1.82, 2.24) is 15.1 Å². The normalized spacial score (nSPS) is 11.4. The van der Waals surface area contributed by atoms with Crippen molar-refractivity contribution in [2.75, 3.05) is 32.6 Å². The minimum atomic E-state index is 0.676. The number of aliphatic imine (C=N–C) groups is 1. The molecule has 0 amide bonds. The monoisotopic (exact) mass is 359 g/mol. The summed E-state index contributed by atoms with van der Waals surface area (Å²) in [4.78, 5) is 4.68. The lowest BCUT2D eigenvalue weighted by molar-refractivity contribution is 0.355. The van der Waals surface area contributed by atoms with Crippen LogP contribution in [0, 0.1) is 13.8 Å². The van der Waals surface area contributed by atoms with Crippen LogP contribution in [0.3, 0.4) is 0 Å². The Kier molecular flexibility index (Phi) is 6.89. The van der Waals surface area contributed by atoms with E-state index in [9.17, 15) is 0 Å². The molecule has 0 aliphatic rings. The lowest BCUT2D eigenvalue weighted by atomic mass is 10.1. The number of hydrogen-bond donors (Lipinski definition) is 2. The highest BCUT2D eigenvalue weighted by atomic mass is 16.5. The average Bonchev–Trinajstić information content (AvgIpc) is 2.87. The van der Waals surface area contributed by atoms with E-state index in [0.29, 0.717) is 18.0 Å². The number of anilines is 1. The minimum absolute atomic E-state index is 0.676. The fourth-order valence-corrected chi connectivity index (χ4v) is 2.82. The van der Waals surface area contributed by atoms with E-state index in [1.165, 1.54) is 11.3 Å². The van der Waals surface area contributed by atoms with E-state index in [4.69, 9.17) is 9.47 Å². The van der Waals surface area contributed by atoms with Crippen LogP contribution in [0.15, 0.2) is 23.2 Å². The van der Waals surface area contributed by atoms with Gasteiger partial charge in [-0.25, -0.2) is 0 Å². The van der Waals surface area contributed by atoms with Gasteiger partial charge in [0.05, 0.1) is 19.9 Å². The Morgan fingerprint density at radius 1 is 1.19 bits per heavy atom. The maximum absolute atomic E-state index is 5.35. The number of methoxy groups -OCH3 is 2. The summed E-state index contributed by atoms with van der Waals surface area (Å²) >= 11 is 0. The third-order valence-electron chi connectivity index (χ3n) is 4.28. The molecule has 0 bridgehead atoms. The first-order valence-electron chi connectivity index (χ1n) is 8.76. The standard InChI is InChI=1S/C19H29N5O2/c1-7-20-19(21-11-10-16-13(2)23-24(4)14(16)3)22-15-8-9-17(25-5)18(12-15)26-6/h8-9,12H,7,10-11H2,1-6H3,(H2,20,21,22). The number of hydrogen-bond acceptors (Lipinski definition) is 4. The Labute approximate surface area is 155 Å². The summed E-state index contributed by atoms with van der Waals surface area (Å²) in [6.45, 7) is 7.63. The third-order valence-corrected chi connectivity index (χ3v) is 4.28. The molecule has 2 aromatic rings. The molecule has 0 spiro atoms. The number of nitrogens with zero attached hydrogens (tertiary/aromatic N) is 3. The van der Waals surface area contributed by atoms with Gasteiger partial charge >= 0.3 is 0 Å². The fraction of sp³-hybridized carbons (Fsp3) is 0.474. The molecule has 0 saturated heterocycles. The lowest BCUT2D eigenvalue weighted by Gasteiger charge is -2.14. The topological polar surface area (TPSA) is 72.7 Å². The molecule has 2 rings (SSSR count). The Morgan fingerprint density at radius 2 is 1.92 bits per heavy atom. The summed E-state index contributed by atoms with van der Waals surface area (Å²) in [5, 5.41) is 11.0. The number of ether oxygens (including phenoxy) is 2. The Balaban J connectivity index is 2.09. The highest BCUT2D eigenvalue weighted by Gasteiger charge is 2.09. The van der Waals surface area contributed by atoms with Crippen LogP contribution in [0.25, 0.3) is 0 Å². The van der Waals surface area contributed by atoms with Gasteiger partial charge in [-0.15, -0.1) is 0 Å². The first-order valence-corrected chi connectivity index (χ1v) is 8.76. The first-order chi connectivity index (χ1) is 12.5. The summed E-state index contributed by atoms with van der Waals surface area (Å²) in [6, 6.07) is 5.69. The molecule has 7 nitrogen and oxygen atoms in total. The number of nitrogens with one attached hydrogen (secondary N) is 2. The summed E-state index contributed by atoms with van der Waals surface area (Å²) in [7, 11) is 5.22. The Hall–Kier alpha value is -2.70. The van der Waals surface area contributed by atoms with E-state index in [1.54, 1.807) is 14.2 Å². The molecule has 142 valence electrons. The van der Waals surface area contributed by atoms with Crippen LogP contribution < -0.4 is 20.1 Å². The zero-order chi connectivity index (χ0) is 19.1. The fourth-order valence-electron chi connectivity index (χ4n) is 2.82. The second kappa shape index (κ2) is 9.12. The van der Waals surface area contributed by atoms with Gasteiger partial charge in [0.1, 0.15) is 0 Å². The SMILES string of the molecule is CCNC(=NCCc1c(C)nn(C)c1C)Nc1ccc(OC)c(OC)c1. The molecular formula is C19H29N5O2. The van der Waals surface area contributed by atoms with Crippen molar-refractivity contribution in [1.29, 1.82) is 0 Å². The van der Waals surface area contributed by atoms with E-state index < -0.39 is 0 Å². The maximum Gasteiger partial charge on any atom is 0.195 e. The van der Waals surface area contributed by atoms with Crippen LogP contribution in [0.1, 0.15) is 23.9 Å². The van der Waals surface area contributed by atoms with Gasteiger partial charge < -0.3 is 20.1 Å². The zero-order valence-corrected chi connectivity index (χ0v) is 16.5. The van der Waals surface area contributed by atoms with Crippen LogP contribution in [-0.2, 0) is 13.5 Å².